The predicted molar refractivity (Wildman–Crippen MR) is 55.4 cm³/mol. The summed E-state index contributed by atoms with van der Waals surface area (Å²) in [6, 6.07) is 4.92. The molecule has 0 saturated heterocycles. The fourth-order valence-corrected chi connectivity index (χ4v) is 1.57. The molecule has 0 aliphatic carbocycles. The molecule has 4 nitrogen and oxygen atoms in total. The number of hydrogen-bond acceptors (Lipinski definition) is 3. The van der Waals surface area contributed by atoms with Crippen molar-refractivity contribution >= 4 is 17.5 Å². The molecule has 1 aliphatic heterocycles. The summed E-state index contributed by atoms with van der Waals surface area (Å²) in [7, 11) is 1.97. The minimum absolute atomic E-state index is 0.142. The van der Waals surface area contributed by atoms with Gasteiger partial charge in [0.1, 0.15) is 0 Å². The van der Waals surface area contributed by atoms with Gasteiger partial charge in [0.2, 0.25) is 0 Å². The van der Waals surface area contributed by atoms with Crippen LogP contribution in [0.2, 0.25) is 0 Å². The first-order valence-electron chi connectivity index (χ1n) is 4.34. The van der Waals surface area contributed by atoms with E-state index in [-0.39, 0.29) is 10.6 Å². The van der Waals surface area contributed by atoms with Gasteiger partial charge in [-0.15, -0.1) is 0 Å². The van der Waals surface area contributed by atoms with Crippen LogP contribution in [0.3, 0.4) is 0 Å². The molecule has 0 unspecified atom stereocenters. The standard InChI is InChI=1S/C10H10N2O2/c1-11-6-2-3-8-7-9(12(13)14)4-5-10(8)11/h2-5,7H,6H2,1H3. The summed E-state index contributed by atoms with van der Waals surface area (Å²) in [5.74, 6) is 0. The van der Waals surface area contributed by atoms with Gasteiger partial charge in [-0.3, -0.25) is 10.1 Å². The minimum Gasteiger partial charge on any atom is -0.370 e. The topological polar surface area (TPSA) is 46.4 Å². The maximum absolute atomic E-state index is 10.5. The van der Waals surface area contributed by atoms with Gasteiger partial charge in [0.15, 0.2) is 0 Å². The van der Waals surface area contributed by atoms with Crippen molar-refractivity contribution in [2.24, 2.45) is 0 Å². The summed E-state index contributed by atoms with van der Waals surface area (Å²) in [6.07, 6.45) is 3.91. The van der Waals surface area contributed by atoms with E-state index in [9.17, 15) is 10.1 Å². The zero-order valence-electron chi connectivity index (χ0n) is 7.80. The summed E-state index contributed by atoms with van der Waals surface area (Å²) in [4.78, 5) is 12.2. The number of benzene rings is 1. The number of nitrogens with zero attached hydrogens (tertiary/aromatic N) is 2. The molecule has 1 aliphatic rings. The highest BCUT2D eigenvalue weighted by atomic mass is 16.6. The lowest BCUT2D eigenvalue weighted by Crippen LogP contribution is -2.20. The Morgan fingerprint density at radius 2 is 2.29 bits per heavy atom. The van der Waals surface area contributed by atoms with Crippen molar-refractivity contribution in [1.82, 2.24) is 0 Å². The molecule has 0 bridgehead atoms. The highest BCUT2D eigenvalue weighted by Crippen LogP contribution is 2.28. The molecule has 1 heterocycles. The molecule has 0 amide bonds. The van der Waals surface area contributed by atoms with Crippen LogP contribution < -0.4 is 4.90 Å². The van der Waals surface area contributed by atoms with Crippen molar-refractivity contribution in [3.8, 4) is 0 Å². The molecule has 0 fully saturated rings. The quantitative estimate of drug-likeness (QED) is 0.503. The Balaban J connectivity index is 2.50. The van der Waals surface area contributed by atoms with Crippen LogP contribution in [-0.4, -0.2) is 18.5 Å². The Labute approximate surface area is 81.6 Å². The first kappa shape index (κ1) is 8.74. The van der Waals surface area contributed by atoms with Crippen molar-refractivity contribution in [2.75, 3.05) is 18.5 Å². The summed E-state index contributed by atoms with van der Waals surface area (Å²) < 4.78 is 0. The first-order valence-corrected chi connectivity index (χ1v) is 4.34. The van der Waals surface area contributed by atoms with Crippen LogP contribution in [0.5, 0.6) is 0 Å². The third-order valence-corrected chi connectivity index (χ3v) is 2.31. The third kappa shape index (κ3) is 1.35. The van der Waals surface area contributed by atoms with E-state index in [1.165, 1.54) is 6.07 Å². The molecule has 14 heavy (non-hydrogen) atoms. The fourth-order valence-electron chi connectivity index (χ4n) is 1.57. The Hall–Kier alpha value is -1.84. The molecule has 1 aromatic rings. The van der Waals surface area contributed by atoms with Gasteiger partial charge in [0.05, 0.1) is 4.92 Å². The maximum Gasteiger partial charge on any atom is 0.270 e. The van der Waals surface area contributed by atoms with Gasteiger partial charge < -0.3 is 4.90 Å². The van der Waals surface area contributed by atoms with E-state index in [1.54, 1.807) is 12.1 Å². The van der Waals surface area contributed by atoms with Crippen LogP contribution in [0.4, 0.5) is 11.4 Å². The number of rotatable bonds is 1. The molecular formula is C10H10N2O2. The van der Waals surface area contributed by atoms with Crippen LogP contribution in [0.25, 0.3) is 6.08 Å². The number of anilines is 1. The lowest BCUT2D eigenvalue weighted by Gasteiger charge is -2.22. The molecule has 0 saturated carbocycles. The number of hydrogen-bond donors (Lipinski definition) is 0. The zero-order chi connectivity index (χ0) is 10.1. The molecule has 72 valence electrons. The summed E-state index contributed by atoms with van der Waals surface area (Å²) >= 11 is 0. The highest BCUT2D eigenvalue weighted by molar-refractivity contribution is 5.73. The minimum atomic E-state index is -0.372. The highest BCUT2D eigenvalue weighted by Gasteiger charge is 2.13. The molecule has 4 heteroatoms. The largest absolute Gasteiger partial charge is 0.370 e. The van der Waals surface area contributed by atoms with E-state index >= 15 is 0 Å². The van der Waals surface area contributed by atoms with Crippen molar-refractivity contribution < 1.29 is 4.92 Å². The number of fused-ring (bicyclic) bond motifs is 1. The van der Waals surface area contributed by atoms with Crippen molar-refractivity contribution in [3.63, 3.8) is 0 Å². The van der Waals surface area contributed by atoms with Gasteiger partial charge >= 0.3 is 0 Å². The molecular weight excluding hydrogens is 180 g/mol. The summed E-state index contributed by atoms with van der Waals surface area (Å²) in [5, 5.41) is 10.5. The van der Waals surface area contributed by atoms with Gasteiger partial charge in [-0.25, -0.2) is 0 Å². The van der Waals surface area contributed by atoms with Gasteiger partial charge in [0, 0.05) is 37.0 Å². The smallest absolute Gasteiger partial charge is 0.270 e. The van der Waals surface area contributed by atoms with Crippen LogP contribution in [0.15, 0.2) is 24.3 Å². The van der Waals surface area contributed by atoms with E-state index in [0.29, 0.717) is 0 Å². The number of likely N-dealkylation sites (N-methyl/N-ethyl adjacent to an activating group) is 1. The van der Waals surface area contributed by atoms with E-state index in [2.05, 4.69) is 4.90 Å². The fraction of sp³-hybridized carbons (Fsp3) is 0.200. The Bertz CT molecular complexity index is 413. The van der Waals surface area contributed by atoms with Gasteiger partial charge in [-0.05, 0) is 6.07 Å². The van der Waals surface area contributed by atoms with E-state index < -0.39 is 0 Å². The van der Waals surface area contributed by atoms with E-state index in [1.807, 2.05) is 19.2 Å². The second-order valence-corrected chi connectivity index (χ2v) is 3.28. The summed E-state index contributed by atoms with van der Waals surface area (Å²) in [5.41, 5.74) is 2.09. The average Bonchev–Trinajstić information content (AvgIpc) is 2.17. The summed E-state index contributed by atoms with van der Waals surface area (Å²) in [6.45, 7) is 0.852. The van der Waals surface area contributed by atoms with Crippen molar-refractivity contribution in [1.29, 1.82) is 0 Å². The van der Waals surface area contributed by atoms with Crippen molar-refractivity contribution in [3.05, 3.63) is 40.0 Å². The Morgan fingerprint density at radius 1 is 1.50 bits per heavy atom. The van der Waals surface area contributed by atoms with Crippen LogP contribution in [-0.2, 0) is 0 Å². The first-order chi connectivity index (χ1) is 6.68. The third-order valence-electron chi connectivity index (χ3n) is 2.31. The molecule has 0 N–H and O–H groups in total. The number of nitro benzene ring substituents is 1. The number of non-ortho nitro benzene ring substituents is 1. The second kappa shape index (κ2) is 3.14. The molecule has 2 rings (SSSR count). The molecule has 0 radical (unpaired) electrons. The Morgan fingerprint density at radius 3 is 3.00 bits per heavy atom. The van der Waals surface area contributed by atoms with E-state index in [4.69, 9.17) is 0 Å². The predicted octanol–water partition coefficient (Wildman–Crippen LogP) is 2.06. The van der Waals surface area contributed by atoms with Crippen LogP contribution >= 0.6 is 0 Å². The van der Waals surface area contributed by atoms with Crippen molar-refractivity contribution in [2.45, 2.75) is 0 Å². The normalized spacial score (nSPS) is 13.9. The monoisotopic (exact) mass is 190 g/mol. The lowest BCUT2D eigenvalue weighted by molar-refractivity contribution is -0.384. The lowest BCUT2D eigenvalue weighted by atomic mass is 10.1. The van der Waals surface area contributed by atoms with Gasteiger partial charge in [-0.2, -0.15) is 0 Å². The number of nitro groups is 1. The molecule has 0 spiro atoms. The maximum atomic E-state index is 10.5. The Kier molecular flexibility index (Phi) is 1.96. The van der Waals surface area contributed by atoms with Gasteiger partial charge in [0.25, 0.3) is 5.69 Å². The zero-order valence-corrected chi connectivity index (χ0v) is 7.80. The molecule has 0 aromatic heterocycles. The van der Waals surface area contributed by atoms with Crippen LogP contribution in [0.1, 0.15) is 5.56 Å². The van der Waals surface area contributed by atoms with E-state index in [0.717, 1.165) is 17.8 Å². The SMILES string of the molecule is CN1CC=Cc2cc([N+](=O)[O-])ccc21. The van der Waals surface area contributed by atoms with Crippen LogP contribution in [0, 0.1) is 10.1 Å². The molecule has 0 atom stereocenters. The molecule has 1 aromatic carbocycles. The second-order valence-electron chi connectivity index (χ2n) is 3.28. The average molecular weight is 190 g/mol. The van der Waals surface area contributed by atoms with Gasteiger partial charge in [-0.1, -0.05) is 12.2 Å².